The summed E-state index contributed by atoms with van der Waals surface area (Å²) in [4.78, 5) is 0. The Morgan fingerprint density at radius 2 is 2.05 bits per heavy atom. The summed E-state index contributed by atoms with van der Waals surface area (Å²) < 4.78 is 7.02. The maximum absolute atomic E-state index is 5.95. The molecule has 1 aromatic heterocycles. The minimum absolute atomic E-state index is 0.435. The molecule has 0 spiro atoms. The van der Waals surface area contributed by atoms with Crippen LogP contribution in [0.3, 0.4) is 0 Å². The molecule has 0 bridgehead atoms. The number of benzene rings is 1. The Labute approximate surface area is 123 Å². The van der Waals surface area contributed by atoms with Crippen molar-refractivity contribution >= 4 is 15.9 Å². The minimum atomic E-state index is 0.435. The molecule has 1 heterocycles. The van der Waals surface area contributed by atoms with Crippen molar-refractivity contribution in [3.63, 3.8) is 0 Å². The van der Waals surface area contributed by atoms with Crippen LogP contribution in [0.1, 0.15) is 25.2 Å². The molecule has 1 unspecified atom stereocenters. The molecule has 0 saturated carbocycles. The maximum Gasteiger partial charge on any atom is 0.135 e. The first-order valence-corrected chi connectivity index (χ1v) is 7.48. The smallest absolute Gasteiger partial charge is 0.135 e. The van der Waals surface area contributed by atoms with Crippen LogP contribution in [0.2, 0.25) is 0 Å². The Balaban J connectivity index is 2.18. The fourth-order valence-corrected chi connectivity index (χ4v) is 2.62. The van der Waals surface area contributed by atoms with Crippen LogP contribution in [-0.2, 0) is 6.42 Å². The van der Waals surface area contributed by atoms with E-state index in [9.17, 15) is 0 Å². The standard InChI is InChI=1S/C16H20BrNO/c1-4-18-12(3)10-13-6-8-16(19-13)14-9-11(2)5-7-15(14)17/h5-9,12,18H,4,10H2,1-3H3. The second-order valence-corrected chi connectivity index (χ2v) is 5.77. The highest BCUT2D eigenvalue weighted by Gasteiger charge is 2.10. The molecule has 1 atom stereocenters. The predicted octanol–water partition coefficient (Wildman–Crippen LogP) is 4.56. The molecule has 0 radical (unpaired) electrons. The van der Waals surface area contributed by atoms with E-state index < -0.39 is 0 Å². The molecule has 2 nitrogen and oxygen atoms in total. The lowest BCUT2D eigenvalue weighted by Crippen LogP contribution is -2.27. The summed E-state index contributed by atoms with van der Waals surface area (Å²) in [6, 6.07) is 10.8. The van der Waals surface area contributed by atoms with E-state index in [0.29, 0.717) is 6.04 Å². The molecule has 0 amide bonds. The molecule has 1 aromatic carbocycles. The summed E-state index contributed by atoms with van der Waals surface area (Å²) >= 11 is 3.58. The topological polar surface area (TPSA) is 25.2 Å². The van der Waals surface area contributed by atoms with Gasteiger partial charge in [0, 0.05) is 22.5 Å². The summed E-state index contributed by atoms with van der Waals surface area (Å²) in [5, 5.41) is 3.39. The van der Waals surface area contributed by atoms with Crippen LogP contribution in [0.25, 0.3) is 11.3 Å². The largest absolute Gasteiger partial charge is 0.461 e. The van der Waals surface area contributed by atoms with E-state index >= 15 is 0 Å². The van der Waals surface area contributed by atoms with Gasteiger partial charge >= 0.3 is 0 Å². The lowest BCUT2D eigenvalue weighted by atomic mass is 10.1. The third kappa shape index (κ3) is 3.71. The molecule has 1 N–H and O–H groups in total. The zero-order valence-electron chi connectivity index (χ0n) is 11.7. The van der Waals surface area contributed by atoms with Crippen LogP contribution >= 0.6 is 15.9 Å². The minimum Gasteiger partial charge on any atom is -0.461 e. The van der Waals surface area contributed by atoms with Crippen molar-refractivity contribution < 1.29 is 4.42 Å². The van der Waals surface area contributed by atoms with Gasteiger partial charge in [-0.2, -0.15) is 0 Å². The van der Waals surface area contributed by atoms with Crippen LogP contribution in [0.4, 0.5) is 0 Å². The molecule has 2 aromatic rings. The van der Waals surface area contributed by atoms with Crippen LogP contribution in [0.15, 0.2) is 39.2 Å². The molecule has 0 aliphatic heterocycles. The van der Waals surface area contributed by atoms with Gasteiger partial charge in [-0.15, -0.1) is 0 Å². The fourth-order valence-electron chi connectivity index (χ4n) is 2.18. The average molecular weight is 322 g/mol. The molecule has 0 aliphatic rings. The van der Waals surface area contributed by atoms with Gasteiger partial charge < -0.3 is 9.73 Å². The Morgan fingerprint density at radius 1 is 1.26 bits per heavy atom. The molecule has 0 aliphatic carbocycles. The third-order valence-corrected chi connectivity index (χ3v) is 3.80. The van der Waals surface area contributed by atoms with Gasteiger partial charge in [-0.05, 0) is 44.7 Å². The average Bonchev–Trinajstić information content (AvgIpc) is 2.81. The quantitative estimate of drug-likeness (QED) is 0.873. The molecule has 2 rings (SSSR count). The van der Waals surface area contributed by atoms with Crippen molar-refractivity contribution in [2.75, 3.05) is 6.54 Å². The molecule has 0 saturated heterocycles. The normalized spacial score (nSPS) is 12.6. The summed E-state index contributed by atoms with van der Waals surface area (Å²) in [6.07, 6.45) is 0.914. The molecule has 3 heteroatoms. The van der Waals surface area contributed by atoms with E-state index in [1.54, 1.807) is 0 Å². The molecule has 102 valence electrons. The maximum atomic E-state index is 5.95. The van der Waals surface area contributed by atoms with E-state index in [-0.39, 0.29) is 0 Å². The Bertz CT molecular complexity index is 547. The third-order valence-electron chi connectivity index (χ3n) is 3.11. The number of halogens is 1. The van der Waals surface area contributed by atoms with Crippen molar-refractivity contribution in [3.8, 4) is 11.3 Å². The van der Waals surface area contributed by atoms with Crippen molar-refractivity contribution in [3.05, 3.63) is 46.1 Å². The van der Waals surface area contributed by atoms with E-state index in [1.165, 1.54) is 5.56 Å². The predicted molar refractivity (Wildman–Crippen MR) is 83.4 cm³/mol. The van der Waals surface area contributed by atoms with Crippen LogP contribution in [0.5, 0.6) is 0 Å². The number of rotatable bonds is 5. The Hall–Kier alpha value is -1.06. The highest BCUT2D eigenvalue weighted by Crippen LogP contribution is 2.30. The van der Waals surface area contributed by atoms with Crippen LogP contribution in [-0.4, -0.2) is 12.6 Å². The molecule has 19 heavy (non-hydrogen) atoms. The summed E-state index contributed by atoms with van der Waals surface area (Å²) in [6.45, 7) is 7.37. The van der Waals surface area contributed by atoms with Crippen molar-refractivity contribution in [1.29, 1.82) is 0 Å². The number of aryl methyl sites for hydroxylation is 1. The van der Waals surface area contributed by atoms with Crippen LogP contribution < -0.4 is 5.32 Å². The summed E-state index contributed by atoms with van der Waals surface area (Å²) in [5.74, 6) is 1.95. The first-order valence-electron chi connectivity index (χ1n) is 6.68. The van der Waals surface area contributed by atoms with Crippen molar-refractivity contribution in [2.45, 2.75) is 33.2 Å². The second kappa shape index (κ2) is 6.40. The number of nitrogens with one attached hydrogen (secondary N) is 1. The van der Waals surface area contributed by atoms with Crippen LogP contribution in [0, 0.1) is 6.92 Å². The molecular weight excluding hydrogens is 302 g/mol. The summed E-state index contributed by atoms with van der Waals surface area (Å²) in [5.41, 5.74) is 2.35. The van der Waals surface area contributed by atoms with E-state index in [4.69, 9.17) is 4.42 Å². The Kier molecular flexibility index (Phi) is 4.83. The first-order chi connectivity index (χ1) is 9.10. The zero-order valence-corrected chi connectivity index (χ0v) is 13.3. The monoisotopic (exact) mass is 321 g/mol. The lowest BCUT2D eigenvalue weighted by molar-refractivity contribution is 0.470. The van der Waals surface area contributed by atoms with Crippen molar-refractivity contribution in [1.82, 2.24) is 5.32 Å². The van der Waals surface area contributed by atoms with Gasteiger partial charge in [0.05, 0.1) is 0 Å². The molecular formula is C16H20BrNO. The highest BCUT2D eigenvalue weighted by molar-refractivity contribution is 9.10. The highest BCUT2D eigenvalue weighted by atomic mass is 79.9. The summed E-state index contributed by atoms with van der Waals surface area (Å²) in [7, 11) is 0. The first kappa shape index (κ1) is 14.4. The number of hydrogen-bond donors (Lipinski definition) is 1. The van der Waals surface area contributed by atoms with Gasteiger partial charge in [0.25, 0.3) is 0 Å². The SMILES string of the molecule is CCNC(C)Cc1ccc(-c2cc(C)ccc2Br)o1. The van der Waals surface area contributed by atoms with Gasteiger partial charge in [-0.25, -0.2) is 0 Å². The van der Waals surface area contributed by atoms with Gasteiger partial charge in [-0.3, -0.25) is 0 Å². The van der Waals surface area contributed by atoms with E-state index in [0.717, 1.165) is 34.5 Å². The molecule has 0 fully saturated rings. The number of hydrogen-bond acceptors (Lipinski definition) is 2. The Morgan fingerprint density at radius 3 is 2.79 bits per heavy atom. The fraction of sp³-hybridized carbons (Fsp3) is 0.375. The lowest BCUT2D eigenvalue weighted by Gasteiger charge is -2.09. The van der Waals surface area contributed by atoms with Gasteiger partial charge in [0.2, 0.25) is 0 Å². The van der Waals surface area contributed by atoms with E-state index in [2.05, 4.69) is 66.3 Å². The van der Waals surface area contributed by atoms with E-state index in [1.807, 2.05) is 6.07 Å². The number of likely N-dealkylation sites (N-methyl/N-ethyl adjacent to an activating group) is 1. The van der Waals surface area contributed by atoms with Gasteiger partial charge in [-0.1, -0.05) is 34.5 Å². The van der Waals surface area contributed by atoms with Crippen molar-refractivity contribution in [2.24, 2.45) is 0 Å². The van der Waals surface area contributed by atoms with Gasteiger partial charge in [0.15, 0.2) is 0 Å². The number of furan rings is 1. The zero-order chi connectivity index (χ0) is 13.8. The second-order valence-electron chi connectivity index (χ2n) is 4.91. The van der Waals surface area contributed by atoms with Gasteiger partial charge in [0.1, 0.15) is 11.5 Å².